The summed E-state index contributed by atoms with van der Waals surface area (Å²) in [6.45, 7) is 4.82. The van der Waals surface area contributed by atoms with Gasteiger partial charge in [0.05, 0.1) is 0 Å². The van der Waals surface area contributed by atoms with Crippen LogP contribution in [0.4, 0.5) is 0 Å². The number of rotatable bonds is 5. The standard InChI is InChI=1S/C17H19ClN2O/c1-11-7-15(8-12(2)17(11)18)21-16-9-13(5-6-19-16)10-20-14-3-4-14/h5-9,14,20H,3-4,10H2,1-2H3. The Bertz CT molecular complexity index is 630. The van der Waals surface area contributed by atoms with Gasteiger partial charge in [-0.1, -0.05) is 11.6 Å². The molecular formula is C17H19ClN2O. The highest BCUT2D eigenvalue weighted by Crippen LogP contribution is 2.28. The number of benzene rings is 1. The summed E-state index contributed by atoms with van der Waals surface area (Å²) >= 11 is 6.18. The predicted molar refractivity (Wildman–Crippen MR) is 85.1 cm³/mol. The Morgan fingerprint density at radius 2 is 1.95 bits per heavy atom. The van der Waals surface area contributed by atoms with Gasteiger partial charge in [0.25, 0.3) is 0 Å². The summed E-state index contributed by atoms with van der Waals surface area (Å²) in [5.74, 6) is 1.39. The van der Waals surface area contributed by atoms with Gasteiger partial charge in [0.15, 0.2) is 0 Å². The SMILES string of the molecule is Cc1cc(Oc2cc(CNC3CC3)ccn2)cc(C)c1Cl. The van der Waals surface area contributed by atoms with Gasteiger partial charge >= 0.3 is 0 Å². The molecule has 0 amide bonds. The second-order valence-corrected chi connectivity index (χ2v) is 6.01. The van der Waals surface area contributed by atoms with E-state index in [-0.39, 0.29) is 0 Å². The minimum atomic E-state index is 0.617. The Hall–Kier alpha value is -1.58. The molecule has 1 aliphatic carbocycles. The fraction of sp³-hybridized carbons (Fsp3) is 0.353. The number of nitrogens with zero attached hydrogens (tertiary/aromatic N) is 1. The maximum absolute atomic E-state index is 6.18. The average molecular weight is 303 g/mol. The minimum Gasteiger partial charge on any atom is -0.439 e. The van der Waals surface area contributed by atoms with E-state index in [1.807, 2.05) is 38.1 Å². The third-order valence-corrected chi connectivity index (χ3v) is 4.20. The molecule has 0 atom stereocenters. The van der Waals surface area contributed by atoms with Crippen molar-refractivity contribution in [3.63, 3.8) is 0 Å². The van der Waals surface area contributed by atoms with Gasteiger partial charge in [0, 0.05) is 29.9 Å². The lowest BCUT2D eigenvalue weighted by atomic mass is 10.1. The van der Waals surface area contributed by atoms with Gasteiger partial charge in [-0.05, 0) is 61.6 Å². The van der Waals surface area contributed by atoms with Crippen LogP contribution >= 0.6 is 11.6 Å². The average Bonchev–Trinajstić information content (AvgIpc) is 3.27. The van der Waals surface area contributed by atoms with Gasteiger partial charge in [-0.25, -0.2) is 4.98 Å². The molecule has 21 heavy (non-hydrogen) atoms. The summed E-state index contributed by atoms with van der Waals surface area (Å²) in [7, 11) is 0. The van der Waals surface area contributed by atoms with Crippen molar-refractivity contribution in [2.45, 2.75) is 39.3 Å². The Labute approximate surface area is 130 Å². The topological polar surface area (TPSA) is 34.1 Å². The largest absolute Gasteiger partial charge is 0.439 e. The molecule has 0 bridgehead atoms. The molecule has 0 saturated heterocycles. The summed E-state index contributed by atoms with van der Waals surface area (Å²) in [6, 6.07) is 8.57. The number of aromatic nitrogens is 1. The summed E-state index contributed by atoms with van der Waals surface area (Å²) < 4.78 is 5.86. The van der Waals surface area contributed by atoms with Gasteiger partial charge in [-0.15, -0.1) is 0 Å². The van der Waals surface area contributed by atoms with Gasteiger partial charge in [0.1, 0.15) is 5.75 Å². The lowest BCUT2D eigenvalue weighted by molar-refractivity contribution is 0.461. The zero-order chi connectivity index (χ0) is 14.8. The van der Waals surface area contributed by atoms with E-state index in [9.17, 15) is 0 Å². The molecule has 1 heterocycles. The molecule has 1 saturated carbocycles. The molecule has 0 unspecified atom stereocenters. The van der Waals surface area contributed by atoms with Gasteiger partial charge in [-0.3, -0.25) is 0 Å². The van der Waals surface area contributed by atoms with Crippen molar-refractivity contribution in [3.8, 4) is 11.6 Å². The third-order valence-electron chi connectivity index (χ3n) is 3.60. The number of ether oxygens (including phenoxy) is 1. The molecule has 1 fully saturated rings. The van der Waals surface area contributed by atoms with E-state index in [0.29, 0.717) is 11.9 Å². The molecule has 1 N–H and O–H groups in total. The van der Waals surface area contributed by atoms with Gasteiger partial charge < -0.3 is 10.1 Å². The lowest BCUT2D eigenvalue weighted by Crippen LogP contribution is -2.15. The number of aryl methyl sites for hydroxylation is 2. The third kappa shape index (κ3) is 3.74. The predicted octanol–water partition coefficient (Wildman–Crippen LogP) is 4.40. The molecule has 1 aromatic heterocycles. The first-order valence-corrected chi connectivity index (χ1v) is 7.62. The Kier molecular flexibility index (Phi) is 4.13. The van der Waals surface area contributed by atoms with Crippen LogP contribution in [-0.4, -0.2) is 11.0 Å². The molecule has 1 aliphatic rings. The first-order chi connectivity index (χ1) is 10.1. The molecule has 3 rings (SSSR count). The van der Waals surface area contributed by atoms with Crippen LogP contribution in [0.5, 0.6) is 11.6 Å². The monoisotopic (exact) mass is 302 g/mol. The van der Waals surface area contributed by atoms with Crippen LogP contribution in [0.2, 0.25) is 5.02 Å². The Morgan fingerprint density at radius 1 is 1.24 bits per heavy atom. The number of nitrogens with one attached hydrogen (secondary N) is 1. The van der Waals surface area contributed by atoms with Crippen LogP contribution in [0.3, 0.4) is 0 Å². The quantitative estimate of drug-likeness (QED) is 0.889. The van der Waals surface area contributed by atoms with E-state index >= 15 is 0 Å². The van der Waals surface area contributed by atoms with Crippen LogP contribution in [0.25, 0.3) is 0 Å². The van der Waals surface area contributed by atoms with Crippen molar-refractivity contribution >= 4 is 11.6 Å². The van der Waals surface area contributed by atoms with Crippen molar-refractivity contribution in [1.29, 1.82) is 0 Å². The van der Waals surface area contributed by atoms with Crippen molar-refractivity contribution in [2.75, 3.05) is 0 Å². The van der Waals surface area contributed by atoms with E-state index in [2.05, 4.69) is 10.3 Å². The molecule has 0 spiro atoms. The van der Waals surface area contributed by atoms with Crippen molar-refractivity contribution in [1.82, 2.24) is 10.3 Å². The van der Waals surface area contributed by atoms with E-state index in [1.165, 1.54) is 18.4 Å². The Morgan fingerprint density at radius 3 is 2.62 bits per heavy atom. The molecular weight excluding hydrogens is 284 g/mol. The normalized spacial score (nSPS) is 14.2. The van der Waals surface area contributed by atoms with Gasteiger partial charge in [0.2, 0.25) is 5.88 Å². The summed E-state index contributed by atoms with van der Waals surface area (Å²) in [5.41, 5.74) is 3.21. The fourth-order valence-electron chi connectivity index (χ4n) is 2.25. The maximum atomic E-state index is 6.18. The molecule has 2 aromatic rings. The van der Waals surface area contributed by atoms with E-state index in [1.54, 1.807) is 6.20 Å². The molecule has 4 heteroatoms. The number of hydrogen-bond acceptors (Lipinski definition) is 3. The summed E-state index contributed by atoms with van der Waals surface area (Å²) in [5, 5.41) is 4.28. The van der Waals surface area contributed by atoms with Crippen molar-refractivity contribution in [2.24, 2.45) is 0 Å². The summed E-state index contributed by atoms with van der Waals surface area (Å²) in [4.78, 5) is 4.28. The van der Waals surface area contributed by atoms with Crippen LogP contribution in [0, 0.1) is 13.8 Å². The highest BCUT2D eigenvalue weighted by molar-refractivity contribution is 6.32. The maximum Gasteiger partial charge on any atom is 0.219 e. The van der Waals surface area contributed by atoms with Gasteiger partial charge in [-0.2, -0.15) is 0 Å². The molecule has 3 nitrogen and oxygen atoms in total. The van der Waals surface area contributed by atoms with E-state index in [0.717, 1.165) is 28.4 Å². The number of hydrogen-bond donors (Lipinski definition) is 1. The van der Waals surface area contributed by atoms with Crippen LogP contribution in [0.1, 0.15) is 29.5 Å². The zero-order valence-electron chi connectivity index (χ0n) is 12.3. The highest BCUT2D eigenvalue weighted by Gasteiger charge is 2.19. The molecule has 1 aromatic carbocycles. The first kappa shape index (κ1) is 14.4. The second-order valence-electron chi connectivity index (χ2n) is 5.63. The fourth-order valence-corrected chi connectivity index (χ4v) is 2.36. The van der Waals surface area contributed by atoms with Crippen molar-refractivity contribution < 1.29 is 4.74 Å². The van der Waals surface area contributed by atoms with Crippen LogP contribution in [-0.2, 0) is 6.54 Å². The zero-order valence-corrected chi connectivity index (χ0v) is 13.1. The molecule has 0 aliphatic heterocycles. The van der Waals surface area contributed by atoms with Crippen LogP contribution < -0.4 is 10.1 Å². The second kappa shape index (κ2) is 6.04. The van der Waals surface area contributed by atoms with E-state index in [4.69, 9.17) is 16.3 Å². The number of pyridine rings is 1. The van der Waals surface area contributed by atoms with E-state index < -0.39 is 0 Å². The lowest BCUT2D eigenvalue weighted by Gasteiger charge is -2.10. The van der Waals surface area contributed by atoms with Crippen LogP contribution in [0.15, 0.2) is 30.5 Å². The number of halogens is 1. The highest BCUT2D eigenvalue weighted by atomic mass is 35.5. The first-order valence-electron chi connectivity index (χ1n) is 7.25. The van der Waals surface area contributed by atoms with Crippen molar-refractivity contribution in [3.05, 3.63) is 52.2 Å². The molecule has 110 valence electrons. The Balaban J connectivity index is 1.73. The summed E-state index contributed by atoms with van der Waals surface area (Å²) in [6.07, 6.45) is 4.37. The molecule has 0 radical (unpaired) electrons. The smallest absolute Gasteiger partial charge is 0.219 e. The minimum absolute atomic E-state index is 0.617.